The fraction of sp³-hybridized carbons (Fsp3) is 0.581. The van der Waals surface area contributed by atoms with Crippen molar-refractivity contribution in [1.82, 2.24) is 35.7 Å². The number of tetrazole rings is 1. The monoisotopic (exact) mass is 701 g/mol. The van der Waals surface area contributed by atoms with E-state index in [-0.39, 0.29) is 25.3 Å². The van der Waals surface area contributed by atoms with E-state index in [2.05, 4.69) is 42.0 Å². The molecule has 15 heteroatoms. The van der Waals surface area contributed by atoms with E-state index >= 15 is 0 Å². The van der Waals surface area contributed by atoms with Crippen molar-refractivity contribution in [3.8, 4) is 17.1 Å². The first kappa shape index (κ1) is 33.4. The first-order valence-electron chi connectivity index (χ1n) is 15.5. The molecule has 0 bridgehead atoms. The molecule has 3 heterocycles. The number of nitrogens with one attached hydrogen (secondary N) is 2. The van der Waals surface area contributed by atoms with Gasteiger partial charge >= 0.3 is 12.1 Å². The number of allylic oxidation sites excluding steroid dienone is 1. The van der Waals surface area contributed by atoms with Gasteiger partial charge in [-0.25, -0.2) is 9.59 Å². The van der Waals surface area contributed by atoms with Crippen molar-refractivity contribution in [3.63, 3.8) is 0 Å². The fourth-order valence-electron chi connectivity index (χ4n) is 6.00. The third-order valence-corrected chi connectivity index (χ3v) is 9.11. The second-order valence-electron chi connectivity index (χ2n) is 13.0. The number of rotatable bonds is 5. The molecule has 248 valence electrons. The number of aliphatic carboxylic acids is 1. The Kier molecular flexibility index (Phi) is 9.70. The van der Waals surface area contributed by atoms with Gasteiger partial charge in [0.1, 0.15) is 29.0 Å². The molecular formula is C31H40BrN7O7. The number of fused-ring (bicyclic) bond motifs is 2. The Bertz CT molecular complexity index is 1520. The van der Waals surface area contributed by atoms with Crippen LogP contribution in [0.3, 0.4) is 0 Å². The lowest BCUT2D eigenvalue weighted by Gasteiger charge is -2.30. The molecule has 3 amide bonds. The van der Waals surface area contributed by atoms with Crippen molar-refractivity contribution in [3.05, 3.63) is 34.8 Å². The van der Waals surface area contributed by atoms with Crippen molar-refractivity contribution < 1.29 is 33.8 Å². The van der Waals surface area contributed by atoms with Crippen LogP contribution in [0.4, 0.5) is 4.79 Å². The molecule has 2 fully saturated rings. The molecule has 1 saturated carbocycles. The van der Waals surface area contributed by atoms with E-state index in [9.17, 15) is 24.3 Å². The first-order chi connectivity index (χ1) is 21.8. The van der Waals surface area contributed by atoms with Crippen LogP contribution in [-0.2, 0) is 19.1 Å². The molecule has 0 radical (unpaired) electrons. The number of aromatic nitrogens is 4. The Balaban J connectivity index is 1.44. The third kappa shape index (κ3) is 7.34. The maximum atomic E-state index is 14.2. The lowest BCUT2D eigenvalue weighted by molar-refractivity contribution is -0.145. The number of hydrogen-bond donors (Lipinski definition) is 3. The van der Waals surface area contributed by atoms with Crippen LogP contribution in [0.25, 0.3) is 11.4 Å². The Morgan fingerprint density at radius 2 is 1.98 bits per heavy atom. The summed E-state index contributed by atoms with van der Waals surface area (Å²) in [5, 5.41) is 28.6. The van der Waals surface area contributed by atoms with E-state index in [1.165, 1.54) is 9.70 Å². The van der Waals surface area contributed by atoms with Gasteiger partial charge in [0.2, 0.25) is 17.6 Å². The summed E-state index contributed by atoms with van der Waals surface area (Å²) in [6.45, 7) is 5.25. The Morgan fingerprint density at radius 3 is 2.67 bits per heavy atom. The summed E-state index contributed by atoms with van der Waals surface area (Å²) in [4.78, 5) is 56.0. The predicted molar refractivity (Wildman–Crippen MR) is 169 cm³/mol. The summed E-state index contributed by atoms with van der Waals surface area (Å²) in [7, 11) is 1.56. The number of carboxylic acids is 1. The molecule has 2 aliphatic heterocycles. The second-order valence-corrected chi connectivity index (χ2v) is 13.9. The first-order valence-corrected chi connectivity index (χ1v) is 16.3. The van der Waals surface area contributed by atoms with Crippen LogP contribution in [0, 0.1) is 5.92 Å². The summed E-state index contributed by atoms with van der Waals surface area (Å²) in [5.74, 6) is -1.53. The smallest absolute Gasteiger partial charge is 0.408 e. The molecule has 1 aromatic carbocycles. The highest BCUT2D eigenvalue weighted by atomic mass is 79.9. The molecule has 0 spiro atoms. The normalized spacial score (nSPS) is 27.7. The molecular weight excluding hydrogens is 662 g/mol. The zero-order chi connectivity index (χ0) is 33.2. The highest BCUT2D eigenvalue weighted by Crippen LogP contribution is 2.45. The lowest BCUT2D eigenvalue weighted by Crippen LogP contribution is -2.56. The van der Waals surface area contributed by atoms with Gasteiger partial charge in [0, 0.05) is 24.4 Å². The molecule has 2 aromatic rings. The molecule has 5 rings (SSSR count). The Morgan fingerprint density at radius 1 is 1.20 bits per heavy atom. The number of nitrogens with zero attached hydrogens (tertiary/aromatic N) is 5. The third-order valence-electron chi connectivity index (χ3n) is 8.49. The van der Waals surface area contributed by atoms with Crippen molar-refractivity contribution in [2.75, 3.05) is 13.7 Å². The van der Waals surface area contributed by atoms with E-state index < -0.39 is 53.1 Å². The quantitative estimate of drug-likeness (QED) is 0.390. The van der Waals surface area contributed by atoms with Crippen LogP contribution >= 0.6 is 15.9 Å². The van der Waals surface area contributed by atoms with E-state index in [0.717, 1.165) is 19.3 Å². The molecule has 3 aliphatic rings. The minimum atomic E-state index is -1.44. The van der Waals surface area contributed by atoms with Gasteiger partial charge in [0.05, 0.1) is 17.6 Å². The molecule has 14 nitrogen and oxygen atoms in total. The molecule has 1 aromatic heterocycles. The summed E-state index contributed by atoms with van der Waals surface area (Å²) in [6, 6.07) is 2.83. The van der Waals surface area contributed by atoms with E-state index in [4.69, 9.17) is 9.47 Å². The number of alkyl carbamates (subject to hydrolysis) is 1. The maximum Gasteiger partial charge on any atom is 0.408 e. The Hall–Kier alpha value is -4.01. The number of carbonyl (C=O) groups excluding carboxylic acids is 3. The van der Waals surface area contributed by atoms with Crippen molar-refractivity contribution >= 4 is 39.8 Å². The number of ether oxygens (including phenoxy) is 2. The summed E-state index contributed by atoms with van der Waals surface area (Å²) >= 11 is 3.46. The highest BCUT2D eigenvalue weighted by Gasteiger charge is 2.61. The molecule has 5 atom stereocenters. The Labute approximate surface area is 275 Å². The number of methoxy groups -OCH3 is 1. The van der Waals surface area contributed by atoms with Gasteiger partial charge in [-0.15, -0.1) is 10.2 Å². The van der Waals surface area contributed by atoms with Gasteiger partial charge in [-0.05, 0) is 85.8 Å². The largest absolute Gasteiger partial charge is 0.496 e. The maximum absolute atomic E-state index is 14.2. The van der Waals surface area contributed by atoms with Gasteiger partial charge in [0.15, 0.2) is 0 Å². The minimum Gasteiger partial charge on any atom is -0.496 e. The van der Waals surface area contributed by atoms with E-state index in [0.29, 0.717) is 34.5 Å². The minimum absolute atomic E-state index is 0.0505. The highest BCUT2D eigenvalue weighted by molar-refractivity contribution is 9.10. The lowest BCUT2D eigenvalue weighted by atomic mass is 10.0. The van der Waals surface area contributed by atoms with Crippen molar-refractivity contribution in [2.24, 2.45) is 5.92 Å². The number of amides is 3. The molecule has 1 aliphatic carbocycles. The fourth-order valence-corrected chi connectivity index (χ4v) is 6.54. The van der Waals surface area contributed by atoms with Gasteiger partial charge in [-0.1, -0.05) is 25.0 Å². The molecule has 3 N–H and O–H groups in total. The number of halogens is 1. The van der Waals surface area contributed by atoms with Crippen LogP contribution < -0.4 is 15.4 Å². The summed E-state index contributed by atoms with van der Waals surface area (Å²) in [6.07, 6.45) is 6.85. The average molecular weight is 703 g/mol. The van der Waals surface area contributed by atoms with Crippen molar-refractivity contribution in [2.45, 2.75) is 95.0 Å². The van der Waals surface area contributed by atoms with Gasteiger partial charge in [0.25, 0.3) is 0 Å². The van der Waals surface area contributed by atoms with Gasteiger partial charge < -0.3 is 30.1 Å². The topological polar surface area (TPSA) is 178 Å². The molecule has 46 heavy (non-hydrogen) atoms. The number of hydrogen-bond acceptors (Lipinski definition) is 9. The van der Waals surface area contributed by atoms with E-state index in [1.807, 2.05) is 12.2 Å². The van der Waals surface area contributed by atoms with Gasteiger partial charge in [-0.2, -0.15) is 4.80 Å². The van der Waals surface area contributed by atoms with Crippen LogP contribution in [-0.4, -0.2) is 91.0 Å². The van der Waals surface area contributed by atoms with E-state index in [1.54, 1.807) is 46.1 Å². The predicted octanol–water partition coefficient (Wildman–Crippen LogP) is 3.63. The second kappa shape index (κ2) is 13.4. The standard InChI is InChI=1S/C31H40BrN7O7/c1-30(2,3)46-29(44)33-22-11-9-7-5-6-8-10-19-16-31(19,28(42)43)34-26(40)23-15-20(17-38(23)27(22)41)39-36-25(35-37-39)18-12-13-24(45-4)21(32)14-18/h8,10,12-14,19-20,22-23H,5-7,9,11,15-17H2,1-4H3,(H,33,44)(H,34,40)(H,42,43)/b10-8-/t19?,20-,22?,23?,31?/m1/s1. The van der Waals surface area contributed by atoms with Crippen LogP contribution in [0.1, 0.15) is 71.8 Å². The van der Waals surface area contributed by atoms with Crippen molar-refractivity contribution in [1.29, 1.82) is 0 Å². The number of carbonyl (C=O) groups is 4. The molecule has 4 unspecified atom stereocenters. The number of benzene rings is 1. The SMILES string of the molecule is COc1ccc(-c2nnn([C@@H]3CC4C(=O)NC5(C(=O)O)CC5/C=C\CCCCCC(NC(=O)OC(C)(C)C)C(=O)N4C3)n2)cc1Br. The average Bonchev–Trinajstić information content (AvgIpc) is 3.31. The zero-order valence-corrected chi connectivity index (χ0v) is 27.9. The van der Waals surface area contributed by atoms with Crippen LogP contribution in [0.15, 0.2) is 34.8 Å². The number of carboxylic acid groups (broad SMARTS) is 1. The van der Waals surface area contributed by atoms with Crippen LogP contribution in [0.2, 0.25) is 0 Å². The van der Waals surface area contributed by atoms with Crippen LogP contribution in [0.5, 0.6) is 5.75 Å². The summed E-state index contributed by atoms with van der Waals surface area (Å²) < 4.78 is 11.5. The molecule has 1 saturated heterocycles. The summed E-state index contributed by atoms with van der Waals surface area (Å²) in [5.41, 5.74) is -1.53. The zero-order valence-electron chi connectivity index (χ0n) is 26.4. The van der Waals surface area contributed by atoms with Gasteiger partial charge in [-0.3, -0.25) is 9.59 Å².